The van der Waals surface area contributed by atoms with E-state index in [-0.39, 0.29) is 0 Å². The highest BCUT2D eigenvalue weighted by Gasteiger charge is 1.90. The molecule has 0 N–H and O–H groups in total. The summed E-state index contributed by atoms with van der Waals surface area (Å²) in [6, 6.07) is 0. The van der Waals surface area contributed by atoms with Crippen LogP contribution in [0.1, 0.15) is 20.3 Å². The van der Waals surface area contributed by atoms with Gasteiger partial charge in [-0.1, -0.05) is 13.8 Å². The van der Waals surface area contributed by atoms with Crippen LogP contribution in [0.3, 0.4) is 0 Å². The Bertz CT molecular complexity index is 41.7. The average Bonchev–Trinajstić information content (AvgIpc) is 1.66. The lowest BCUT2D eigenvalue weighted by molar-refractivity contribution is 0.841. The number of hydrogen-bond acceptors (Lipinski definition) is 1. The monoisotopic (exact) mass is 131 g/mol. The lowest BCUT2D eigenvalue weighted by Crippen LogP contribution is -1.91. The summed E-state index contributed by atoms with van der Waals surface area (Å²) in [5, 5.41) is 0. The fourth-order valence-corrected chi connectivity index (χ4v) is 1.29. The van der Waals surface area contributed by atoms with E-state index in [2.05, 4.69) is 20.8 Å². The average molecular weight is 131 g/mol. The zero-order valence-corrected chi connectivity index (χ0v) is 6.63. The van der Waals surface area contributed by atoms with Crippen molar-refractivity contribution in [1.29, 1.82) is 0 Å². The molecule has 1 atom stereocenters. The molecule has 1 heteroatoms. The Morgan fingerprint density at radius 2 is 2.25 bits per heavy atom. The Morgan fingerprint density at radius 1 is 1.62 bits per heavy atom. The van der Waals surface area contributed by atoms with Gasteiger partial charge in [0, 0.05) is 0 Å². The van der Waals surface area contributed by atoms with Gasteiger partial charge in [0.15, 0.2) is 0 Å². The molecule has 1 radical (unpaired) electrons. The van der Waals surface area contributed by atoms with Crippen molar-refractivity contribution in [2.45, 2.75) is 20.3 Å². The first-order chi connectivity index (χ1) is 3.77. The van der Waals surface area contributed by atoms with Gasteiger partial charge in [-0.25, -0.2) is 0 Å². The van der Waals surface area contributed by atoms with Crippen LogP contribution >= 0.6 is 11.8 Å². The molecule has 0 spiro atoms. The highest BCUT2D eigenvalue weighted by atomic mass is 32.2. The van der Waals surface area contributed by atoms with E-state index >= 15 is 0 Å². The molecule has 0 fully saturated rings. The minimum absolute atomic E-state index is 0.617. The molecule has 0 aliphatic heterocycles. The lowest BCUT2D eigenvalue weighted by atomic mass is 10.3. The minimum Gasteiger partial charge on any atom is -0.162 e. The molecule has 0 aliphatic rings. The molecule has 1 unspecified atom stereocenters. The van der Waals surface area contributed by atoms with E-state index in [1.54, 1.807) is 0 Å². The maximum absolute atomic E-state index is 3.89. The van der Waals surface area contributed by atoms with Crippen LogP contribution in [0.2, 0.25) is 0 Å². The molecular formula is C7H15S. The summed E-state index contributed by atoms with van der Waals surface area (Å²) in [5.74, 6) is 3.12. The van der Waals surface area contributed by atoms with Gasteiger partial charge in [0.2, 0.25) is 0 Å². The molecule has 0 aliphatic carbocycles. The van der Waals surface area contributed by atoms with Crippen LogP contribution < -0.4 is 0 Å². The Kier molecular flexibility index (Phi) is 5.73. The summed E-state index contributed by atoms with van der Waals surface area (Å²) in [7, 11) is 0. The normalized spacial score (nSPS) is 10.5. The second kappa shape index (κ2) is 5.49. The van der Waals surface area contributed by atoms with Crippen LogP contribution in [0.25, 0.3) is 0 Å². The predicted molar refractivity (Wildman–Crippen MR) is 42.1 cm³/mol. The van der Waals surface area contributed by atoms with Crippen LogP contribution in [-0.2, 0) is 0 Å². The Hall–Kier alpha value is 0.350. The number of thioether (sulfide) groups is 1. The molecule has 0 saturated heterocycles. The van der Waals surface area contributed by atoms with E-state index in [1.807, 2.05) is 11.8 Å². The molecule has 0 rings (SSSR count). The first-order valence-electron chi connectivity index (χ1n) is 3.18. The quantitative estimate of drug-likeness (QED) is 0.528. The minimum atomic E-state index is 0.617. The third kappa shape index (κ3) is 6.35. The smallest absolute Gasteiger partial charge is 0.00418 e. The van der Waals surface area contributed by atoms with Crippen LogP contribution in [0.15, 0.2) is 0 Å². The summed E-state index contributed by atoms with van der Waals surface area (Å²) in [4.78, 5) is 0. The van der Waals surface area contributed by atoms with Gasteiger partial charge in [-0.15, -0.1) is 0 Å². The molecule has 0 aromatic heterocycles. The van der Waals surface area contributed by atoms with Crippen LogP contribution in [0.5, 0.6) is 0 Å². The van der Waals surface area contributed by atoms with E-state index in [1.165, 1.54) is 17.9 Å². The van der Waals surface area contributed by atoms with E-state index in [0.717, 1.165) is 0 Å². The van der Waals surface area contributed by atoms with Crippen molar-refractivity contribution in [3.05, 3.63) is 6.92 Å². The summed E-state index contributed by atoms with van der Waals surface area (Å²) in [5.41, 5.74) is 0. The first kappa shape index (κ1) is 8.35. The first-order valence-corrected chi connectivity index (χ1v) is 4.33. The Labute approximate surface area is 57.1 Å². The van der Waals surface area contributed by atoms with Gasteiger partial charge in [-0.2, -0.15) is 11.8 Å². The van der Waals surface area contributed by atoms with Crippen molar-refractivity contribution >= 4 is 11.8 Å². The van der Waals surface area contributed by atoms with Gasteiger partial charge in [0.25, 0.3) is 0 Å². The fourth-order valence-electron chi connectivity index (χ4n) is 0.429. The van der Waals surface area contributed by atoms with Crippen LogP contribution in [0, 0.1) is 12.8 Å². The van der Waals surface area contributed by atoms with Crippen molar-refractivity contribution in [1.82, 2.24) is 0 Å². The van der Waals surface area contributed by atoms with E-state index < -0.39 is 0 Å². The zero-order valence-electron chi connectivity index (χ0n) is 5.81. The maximum Gasteiger partial charge on any atom is -0.00418 e. The molecule has 8 heavy (non-hydrogen) atoms. The van der Waals surface area contributed by atoms with Crippen molar-refractivity contribution < 1.29 is 0 Å². The molecule has 0 aromatic rings. The van der Waals surface area contributed by atoms with Gasteiger partial charge >= 0.3 is 0 Å². The van der Waals surface area contributed by atoms with E-state index in [9.17, 15) is 0 Å². The largest absolute Gasteiger partial charge is 0.162 e. The van der Waals surface area contributed by atoms with Crippen molar-refractivity contribution in [2.75, 3.05) is 11.5 Å². The standard InChI is InChI=1S/C7H15S/c1-4-5-8-6-7(2)3/h7H,2,4-6H2,1,3H3. The molecule has 0 saturated carbocycles. The summed E-state index contributed by atoms with van der Waals surface area (Å²) in [6.07, 6.45) is 1.29. The third-order valence-electron chi connectivity index (χ3n) is 0.751. The predicted octanol–water partition coefficient (Wildman–Crippen LogP) is 2.60. The zero-order chi connectivity index (χ0) is 6.41. The molecule has 0 bridgehead atoms. The Morgan fingerprint density at radius 3 is 2.62 bits per heavy atom. The van der Waals surface area contributed by atoms with Gasteiger partial charge in [-0.3, -0.25) is 0 Å². The number of rotatable bonds is 4. The Balaban J connectivity index is 2.72. The van der Waals surface area contributed by atoms with Crippen LogP contribution in [-0.4, -0.2) is 11.5 Å². The molecular weight excluding hydrogens is 116 g/mol. The van der Waals surface area contributed by atoms with Crippen molar-refractivity contribution in [3.63, 3.8) is 0 Å². The lowest BCUT2D eigenvalue weighted by Gasteiger charge is -2.00. The summed E-state index contributed by atoms with van der Waals surface area (Å²) >= 11 is 2.00. The third-order valence-corrected chi connectivity index (χ3v) is 2.25. The maximum atomic E-state index is 3.89. The van der Waals surface area contributed by atoms with E-state index in [0.29, 0.717) is 5.92 Å². The highest BCUT2D eigenvalue weighted by Crippen LogP contribution is 2.07. The van der Waals surface area contributed by atoms with Gasteiger partial charge in [0.05, 0.1) is 0 Å². The SMILES string of the molecule is [CH2]C(C)CSCCC. The molecule has 0 heterocycles. The molecule has 0 amide bonds. The van der Waals surface area contributed by atoms with E-state index in [4.69, 9.17) is 0 Å². The number of hydrogen-bond donors (Lipinski definition) is 0. The van der Waals surface area contributed by atoms with Gasteiger partial charge in [-0.05, 0) is 30.8 Å². The molecule has 49 valence electrons. The second-order valence-corrected chi connectivity index (χ2v) is 3.33. The van der Waals surface area contributed by atoms with Gasteiger partial charge in [0.1, 0.15) is 0 Å². The highest BCUT2D eigenvalue weighted by molar-refractivity contribution is 7.99. The fraction of sp³-hybridized carbons (Fsp3) is 0.857. The summed E-state index contributed by atoms with van der Waals surface area (Å²) in [6.45, 7) is 8.25. The molecule has 0 nitrogen and oxygen atoms in total. The van der Waals surface area contributed by atoms with Crippen molar-refractivity contribution in [3.8, 4) is 0 Å². The topological polar surface area (TPSA) is 0 Å². The summed E-state index contributed by atoms with van der Waals surface area (Å²) < 4.78 is 0. The van der Waals surface area contributed by atoms with Crippen molar-refractivity contribution in [2.24, 2.45) is 5.92 Å². The molecule has 0 aromatic carbocycles. The van der Waals surface area contributed by atoms with Gasteiger partial charge < -0.3 is 0 Å². The van der Waals surface area contributed by atoms with Crippen LogP contribution in [0.4, 0.5) is 0 Å². The second-order valence-electron chi connectivity index (χ2n) is 2.18.